The lowest BCUT2D eigenvalue weighted by atomic mass is 10.1. The van der Waals surface area contributed by atoms with Gasteiger partial charge in [-0.3, -0.25) is 0 Å². The van der Waals surface area contributed by atoms with E-state index >= 15 is 0 Å². The highest BCUT2D eigenvalue weighted by Crippen LogP contribution is 2.28. The van der Waals surface area contributed by atoms with E-state index in [2.05, 4.69) is 41.9 Å². The Balaban J connectivity index is 2.16. The summed E-state index contributed by atoms with van der Waals surface area (Å²) < 4.78 is 0. The van der Waals surface area contributed by atoms with Gasteiger partial charge in [-0.05, 0) is 48.6 Å². The first-order chi connectivity index (χ1) is 8.70. The first-order valence-corrected chi connectivity index (χ1v) is 7.24. The quantitative estimate of drug-likeness (QED) is 0.771. The number of nitrogens with two attached hydrogens (primary N) is 1. The summed E-state index contributed by atoms with van der Waals surface area (Å²) in [4.78, 5) is 1.39. The molecule has 1 aromatic carbocycles. The van der Waals surface area contributed by atoms with Gasteiger partial charge < -0.3 is 11.1 Å². The lowest BCUT2D eigenvalue weighted by molar-refractivity contribution is 0.687. The zero-order valence-corrected chi connectivity index (χ0v) is 11.8. The number of hydrogen-bond acceptors (Lipinski definition) is 3. The van der Waals surface area contributed by atoms with Crippen LogP contribution >= 0.6 is 11.3 Å². The Kier molecular flexibility index (Phi) is 4.26. The summed E-state index contributed by atoms with van der Waals surface area (Å²) in [5, 5.41) is 5.74. The lowest BCUT2D eigenvalue weighted by Crippen LogP contribution is -2.09. The average Bonchev–Trinajstić information content (AvgIpc) is 2.87. The zero-order valence-electron chi connectivity index (χ0n) is 10.9. The fourth-order valence-corrected chi connectivity index (χ4v) is 2.84. The number of nitrogen functional groups attached to an aromatic ring is 1. The summed E-state index contributed by atoms with van der Waals surface area (Å²) in [6.45, 7) is 4.26. The second-order valence-corrected chi connectivity index (χ2v) is 5.55. The largest absolute Gasteiger partial charge is 0.399 e. The number of benzene rings is 1. The lowest BCUT2D eigenvalue weighted by Gasteiger charge is -2.18. The molecule has 2 nitrogen and oxygen atoms in total. The van der Waals surface area contributed by atoms with Gasteiger partial charge in [-0.1, -0.05) is 19.4 Å². The fraction of sp³-hybridized carbons (Fsp3) is 0.333. The van der Waals surface area contributed by atoms with Crippen LogP contribution in [0.15, 0.2) is 35.7 Å². The van der Waals surface area contributed by atoms with Crippen LogP contribution in [0.2, 0.25) is 0 Å². The summed E-state index contributed by atoms with van der Waals surface area (Å²) >= 11 is 1.81. The average molecular weight is 260 g/mol. The number of thiophene rings is 1. The number of nitrogens with one attached hydrogen (secondary N) is 1. The van der Waals surface area contributed by atoms with Crippen molar-refractivity contribution in [3.05, 3.63) is 46.2 Å². The zero-order chi connectivity index (χ0) is 13.0. The van der Waals surface area contributed by atoms with E-state index in [0.717, 1.165) is 23.4 Å². The van der Waals surface area contributed by atoms with E-state index in [1.54, 1.807) is 0 Å². The highest BCUT2D eigenvalue weighted by Gasteiger charge is 2.11. The van der Waals surface area contributed by atoms with Gasteiger partial charge in [0.2, 0.25) is 0 Å². The molecule has 0 fully saturated rings. The smallest absolute Gasteiger partial charge is 0.0606 e. The molecule has 0 saturated heterocycles. The SMILES string of the molecule is CCCC(Nc1ccc(N)c(C)c1)c1cccs1. The van der Waals surface area contributed by atoms with Crippen LogP contribution in [0.4, 0.5) is 11.4 Å². The van der Waals surface area contributed by atoms with Gasteiger partial charge in [0.25, 0.3) is 0 Å². The second-order valence-electron chi connectivity index (χ2n) is 4.57. The van der Waals surface area contributed by atoms with Gasteiger partial charge in [0.1, 0.15) is 0 Å². The fourth-order valence-electron chi connectivity index (χ4n) is 2.03. The van der Waals surface area contributed by atoms with Crippen LogP contribution in [0, 0.1) is 6.92 Å². The van der Waals surface area contributed by atoms with E-state index in [9.17, 15) is 0 Å². The third kappa shape index (κ3) is 3.05. The van der Waals surface area contributed by atoms with E-state index in [1.807, 2.05) is 24.3 Å². The first-order valence-electron chi connectivity index (χ1n) is 6.36. The maximum absolute atomic E-state index is 5.85. The Morgan fingerprint density at radius 3 is 2.78 bits per heavy atom. The van der Waals surface area contributed by atoms with Crippen molar-refractivity contribution < 1.29 is 0 Å². The first kappa shape index (κ1) is 13.0. The number of hydrogen-bond donors (Lipinski definition) is 2. The predicted molar refractivity (Wildman–Crippen MR) is 81.2 cm³/mol. The Morgan fingerprint density at radius 2 is 2.17 bits per heavy atom. The number of rotatable bonds is 5. The Hall–Kier alpha value is -1.48. The molecule has 0 aliphatic carbocycles. The van der Waals surface area contributed by atoms with Crippen molar-refractivity contribution >= 4 is 22.7 Å². The van der Waals surface area contributed by atoms with Crippen molar-refractivity contribution in [2.24, 2.45) is 0 Å². The molecule has 0 amide bonds. The molecule has 0 saturated carbocycles. The van der Waals surface area contributed by atoms with Gasteiger partial charge in [0, 0.05) is 16.3 Å². The monoisotopic (exact) mass is 260 g/mol. The van der Waals surface area contributed by atoms with Crippen LogP contribution < -0.4 is 11.1 Å². The van der Waals surface area contributed by atoms with Crippen LogP contribution in [-0.4, -0.2) is 0 Å². The summed E-state index contributed by atoms with van der Waals surface area (Å²) in [7, 11) is 0. The minimum atomic E-state index is 0.401. The molecule has 0 spiro atoms. The molecule has 2 aromatic rings. The summed E-state index contributed by atoms with van der Waals surface area (Å²) in [6.07, 6.45) is 2.31. The van der Waals surface area contributed by atoms with Gasteiger partial charge in [-0.2, -0.15) is 0 Å². The molecule has 18 heavy (non-hydrogen) atoms. The van der Waals surface area contributed by atoms with Crippen LogP contribution in [-0.2, 0) is 0 Å². The molecule has 3 heteroatoms. The minimum absolute atomic E-state index is 0.401. The Bertz CT molecular complexity index is 491. The van der Waals surface area contributed by atoms with E-state index in [1.165, 1.54) is 11.3 Å². The second kappa shape index (κ2) is 5.91. The molecule has 96 valence electrons. The van der Waals surface area contributed by atoms with Crippen molar-refractivity contribution in [3.8, 4) is 0 Å². The number of aryl methyl sites for hydroxylation is 1. The van der Waals surface area contributed by atoms with Crippen LogP contribution in [0.25, 0.3) is 0 Å². The highest BCUT2D eigenvalue weighted by atomic mass is 32.1. The standard InChI is InChI=1S/C15H20N2S/c1-3-5-14(15-6-4-9-18-15)17-12-7-8-13(16)11(2)10-12/h4,6-10,14,17H,3,5,16H2,1-2H3. The highest BCUT2D eigenvalue weighted by molar-refractivity contribution is 7.10. The van der Waals surface area contributed by atoms with Crippen molar-refractivity contribution in [1.29, 1.82) is 0 Å². The van der Waals surface area contributed by atoms with E-state index in [-0.39, 0.29) is 0 Å². The minimum Gasteiger partial charge on any atom is -0.399 e. The molecule has 0 aliphatic rings. The molecule has 3 N–H and O–H groups in total. The normalized spacial score (nSPS) is 12.3. The van der Waals surface area contributed by atoms with Crippen LogP contribution in [0.1, 0.15) is 36.2 Å². The molecular formula is C15H20N2S. The molecule has 1 unspecified atom stereocenters. The Labute approximate surface area is 113 Å². The van der Waals surface area contributed by atoms with E-state index in [4.69, 9.17) is 5.73 Å². The molecule has 1 aromatic heterocycles. The van der Waals surface area contributed by atoms with Gasteiger partial charge in [0.05, 0.1) is 6.04 Å². The van der Waals surface area contributed by atoms with Crippen molar-refractivity contribution in [2.75, 3.05) is 11.1 Å². The molecule has 0 radical (unpaired) electrons. The van der Waals surface area contributed by atoms with E-state index in [0.29, 0.717) is 6.04 Å². The van der Waals surface area contributed by atoms with Crippen LogP contribution in [0.5, 0.6) is 0 Å². The van der Waals surface area contributed by atoms with Crippen molar-refractivity contribution in [2.45, 2.75) is 32.7 Å². The molecular weight excluding hydrogens is 240 g/mol. The van der Waals surface area contributed by atoms with Gasteiger partial charge in [-0.15, -0.1) is 11.3 Å². The summed E-state index contributed by atoms with van der Waals surface area (Å²) in [5.41, 5.74) is 8.97. The van der Waals surface area contributed by atoms with Gasteiger partial charge in [0.15, 0.2) is 0 Å². The predicted octanol–water partition coefficient (Wildman–Crippen LogP) is 4.59. The third-order valence-electron chi connectivity index (χ3n) is 3.07. The van der Waals surface area contributed by atoms with Crippen molar-refractivity contribution in [3.63, 3.8) is 0 Å². The maximum atomic E-state index is 5.85. The summed E-state index contributed by atoms with van der Waals surface area (Å²) in [5.74, 6) is 0. The third-order valence-corrected chi connectivity index (χ3v) is 4.06. The molecule has 1 atom stereocenters. The molecule has 0 bridgehead atoms. The van der Waals surface area contributed by atoms with Crippen LogP contribution in [0.3, 0.4) is 0 Å². The van der Waals surface area contributed by atoms with Gasteiger partial charge in [-0.25, -0.2) is 0 Å². The summed E-state index contributed by atoms with van der Waals surface area (Å²) in [6, 6.07) is 10.8. The van der Waals surface area contributed by atoms with E-state index < -0.39 is 0 Å². The molecule has 2 rings (SSSR count). The topological polar surface area (TPSA) is 38.0 Å². The number of anilines is 2. The molecule has 0 aliphatic heterocycles. The van der Waals surface area contributed by atoms with Crippen molar-refractivity contribution in [1.82, 2.24) is 0 Å². The maximum Gasteiger partial charge on any atom is 0.0606 e. The van der Waals surface area contributed by atoms with Gasteiger partial charge >= 0.3 is 0 Å². The Morgan fingerprint density at radius 1 is 1.33 bits per heavy atom. The molecule has 1 heterocycles.